The second-order valence-corrected chi connectivity index (χ2v) is 2.62. The summed E-state index contributed by atoms with van der Waals surface area (Å²) in [7, 11) is 0. The number of hydrogen-bond donors (Lipinski definition) is 4. The summed E-state index contributed by atoms with van der Waals surface area (Å²) in [4.78, 5) is 10.0. The van der Waals surface area contributed by atoms with Gasteiger partial charge >= 0.3 is 29.6 Å². The van der Waals surface area contributed by atoms with Crippen molar-refractivity contribution < 1.29 is 60.1 Å². The molecule has 0 atom stereocenters. The largest absolute Gasteiger partial charge is 1.00 e. The van der Waals surface area contributed by atoms with Crippen molar-refractivity contribution >= 4 is 5.97 Å². The van der Waals surface area contributed by atoms with Gasteiger partial charge in [-0.15, -0.1) is 0 Å². The van der Waals surface area contributed by atoms with E-state index >= 15 is 0 Å². The number of hydrogen-bond acceptors (Lipinski definition) is 5. The van der Waals surface area contributed by atoms with Crippen molar-refractivity contribution in [3.8, 4) is 0 Å². The second kappa shape index (κ2) is 7.69. The molecular formula is C6H13NNaO5+. The number of rotatable bonds is 6. The number of carbonyl (C=O) groups is 1. The maximum Gasteiger partial charge on any atom is 1.00 e. The van der Waals surface area contributed by atoms with Crippen molar-refractivity contribution in [3.63, 3.8) is 0 Å². The Hall–Kier alpha value is 0.310. The molecule has 7 heteroatoms. The van der Waals surface area contributed by atoms with E-state index in [4.69, 9.17) is 15.3 Å². The molecule has 0 bridgehead atoms. The molecule has 72 valence electrons. The Morgan fingerprint density at radius 2 is 1.62 bits per heavy atom. The van der Waals surface area contributed by atoms with Gasteiger partial charge in [-0.3, -0.25) is 0 Å². The van der Waals surface area contributed by atoms with Crippen molar-refractivity contribution in [2.24, 2.45) is 0 Å². The van der Waals surface area contributed by atoms with Crippen LogP contribution in [0.25, 0.3) is 0 Å². The maximum absolute atomic E-state index is 10.0. The first-order chi connectivity index (χ1) is 5.60. The quantitative estimate of drug-likeness (QED) is 0.319. The van der Waals surface area contributed by atoms with Crippen molar-refractivity contribution in [3.05, 3.63) is 0 Å². The predicted molar refractivity (Wildman–Crippen MR) is 35.8 cm³/mol. The number of aliphatic hydroxyl groups excluding tert-OH is 3. The fraction of sp³-hybridized carbons (Fsp3) is 0.833. The molecule has 0 aromatic carbocycles. The van der Waals surface area contributed by atoms with Crippen molar-refractivity contribution in [2.75, 3.05) is 26.4 Å². The van der Waals surface area contributed by atoms with E-state index < -0.39 is 37.9 Å². The Morgan fingerprint density at radius 1 is 1.23 bits per heavy atom. The first kappa shape index (κ1) is 15.8. The van der Waals surface area contributed by atoms with Gasteiger partial charge in [-0.2, -0.15) is 0 Å². The third kappa shape index (κ3) is 5.58. The van der Waals surface area contributed by atoms with Gasteiger partial charge in [-0.25, -0.2) is 0 Å². The molecule has 5 N–H and O–H groups in total. The topological polar surface area (TPSA) is 117 Å². The molecule has 6 nitrogen and oxygen atoms in total. The van der Waals surface area contributed by atoms with E-state index in [1.807, 2.05) is 0 Å². The summed E-state index contributed by atoms with van der Waals surface area (Å²) in [6.07, 6.45) is 0. The van der Waals surface area contributed by atoms with Crippen LogP contribution in [0.5, 0.6) is 0 Å². The van der Waals surface area contributed by atoms with Crippen LogP contribution in [0, 0.1) is 0 Å². The van der Waals surface area contributed by atoms with Gasteiger partial charge in [0, 0.05) is 0 Å². The van der Waals surface area contributed by atoms with Crippen LogP contribution in [0.15, 0.2) is 0 Å². The van der Waals surface area contributed by atoms with E-state index in [0.29, 0.717) is 0 Å². The van der Waals surface area contributed by atoms with E-state index in [1.165, 1.54) is 0 Å². The Balaban J connectivity index is 0. The zero-order valence-corrected chi connectivity index (χ0v) is 9.56. The fourth-order valence-electron chi connectivity index (χ4n) is 0.643. The summed E-state index contributed by atoms with van der Waals surface area (Å²) in [6.45, 7) is -1.88. The number of carbonyl (C=O) groups excluding carboxylic acids is 1. The van der Waals surface area contributed by atoms with E-state index in [9.17, 15) is 9.90 Å². The summed E-state index contributed by atoms with van der Waals surface area (Å²) in [6, 6.07) is 0. The molecular weight excluding hydrogens is 189 g/mol. The summed E-state index contributed by atoms with van der Waals surface area (Å²) < 4.78 is 0. The molecule has 0 aromatic heterocycles. The minimum atomic E-state index is -1.31. The number of carboxylic acid groups (broad SMARTS) is 1. The molecule has 0 spiro atoms. The monoisotopic (exact) mass is 202 g/mol. The third-order valence-corrected chi connectivity index (χ3v) is 1.65. The summed E-state index contributed by atoms with van der Waals surface area (Å²) in [5.41, 5.74) is -1.22. The van der Waals surface area contributed by atoms with Gasteiger partial charge in [0.1, 0.15) is 26.4 Å². The smallest absolute Gasteiger partial charge is 0.544 e. The standard InChI is InChI=1S/C6H13NO5.Na/c8-2-6(3-9,4-10)7-1-5(11)12;/h7-10H,1-4H2,(H,11,12);/q;+1. The molecule has 0 fully saturated rings. The number of aliphatic carboxylic acids is 1. The SMILES string of the molecule is O=C([O-])C[NH2+]C(CO)(CO)CO.[Na+]. The summed E-state index contributed by atoms with van der Waals surface area (Å²) in [5, 5.41) is 37.3. The maximum atomic E-state index is 10.0. The molecule has 0 aliphatic heterocycles. The van der Waals surface area contributed by atoms with Crippen LogP contribution in [-0.2, 0) is 4.79 Å². The average Bonchev–Trinajstić information content (AvgIpc) is 2.08. The Labute approximate surface area is 97.9 Å². The number of quaternary nitrogens is 1. The zero-order valence-electron chi connectivity index (χ0n) is 7.56. The van der Waals surface area contributed by atoms with Crippen molar-refractivity contribution in [2.45, 2.75) is 5.54 Å². The molecule has 0 saturated carbocycles. The van der Waals surface area contributed by atoms with E-state index in [-0.39, 0.29) is 29.6 Å². The molecule has 0 heterocycles. The minimum Gasteiger partial charge on any atom is -0.544 e. The molecule has 13 heavy (non-hydrogen) atoms. The molecule has 0 aromatic rings. The number of aliphatic hydroxyl groups is 3. The normalized spacial score (nSPS) is 10.7. The zero-order chi connectivity index (χ0) is 9.61. The Bertz CT molecular complexity index is 142. The van der Waals surface area contributed by atoms with E-state index in [0.717, 1.165) is 5.32 Å². The minimum absolute atomic E-state index is 0. The first-order valence-electron chi connectivity index (χ1n) is 3.47. The van der Waals surface area contributed by atoms with Crippen LogP contribution in [0.3, 0.4) is 0 Å². The number of nitrogens with two attached hydrogens (primary N) is 1. The third-order valence-electron chi connectivity index (χ3n) is 1.65. The van der Waals surface area contributed by atoms with Crippen LogP contribution in [-0.4, -0.2) is 53.2 Å². The van der Waals surface area contributed by atoms with Gasteiger partial charge in [-0.05, 0) is 0 Å². The van der Waals surface area contributed by atoms with Crippen LogP contribution in [0.2, 0.25) is 0 Å². The number of carboxylic acids is 1. The average molecular weight is 202 g/mol. The van der Waals surface area contributed by atoms with Gasteiger partial charge < -0.3 is 30.5 Å². The van der Waals surface area contributed by atoms with Crippen LogP contribution in [0.1, 0.15) is 0 Å². The van der Waals surface area contributed by atoms with E-state index in [2.05, 4.69) is 0 Å². The summed E-state index contributed by atoms with van der Waals surface area (Å²) >= 11 is 0. The van der Waals surface area contributed by atoms with Crippen LogP contribution < -0.4 is 40.0 Å². The van der Waals surface area contributed by atoms with Crippen molar-refractivity contribution in [1.29, 1.82) is 0 Å². The molecule has 0 saturated heterocycles. The molecule has 0 aliphatic rings. The molecule has 0 radical (unpaired) electrons. The molecule has 0 aliphatic carbocycles. The summed E-state index contributed by atoms with van der Waals surface area (Å²) in [5.74, 6) is -1.31. The van der Waals surface area contributed by atoms with Crippen LogP contribution in [0.4, 0.5) is 0 Å². The molecule has 0 rings (SSSR count). The predicted octanol–water partition coefficient (Wildman–Crippen LogP) is -7.98. The fourth-order valence-corrected chi connectivity index (χ4v) is 0.643. The molecule has 0 unspecified atom stereocenters. The van der Waals surface area contributed by atoms with Gasteiger partial charge in [0.2, 0.25) is 0 Å². The first-order valence-corrected chi connectivity index (χ1v) is 3.47. The van der Waals surface area contributed by atoms with Gasteiger partial charge in [0.05, 0.1) is 5.97 Å². The Morgan fingerprint density at radius 3 is 1.85 bits per heavy atom. The Kier molecular flexibility index (Phi) is 9.33. The van der Waals surface area contributed by atoms with Crippen LogP contribution >= 0.6 is 0 Å². The van der Waals surface area contributed by atoms with Gasteiger partial charge in [-0.1, -0.05) is 0 Å². The van der Waals surface area contributed by atoms with E-state index in [1.54, 1.807) is 0 Å². The van der Waals surface area contributed by atoms with Gasteiger partial charge in [0.25, 0.3) is 0 Å². The molecule has 0 amide bonds. The van der Waals surface area contributed by atoms with Crippen molar-refractivity contribution in [1.82, 2.24) is 0 Å². The van der Waals surface area contributed by atoms with Gasteiger partial charge in [0.15, 0.2) is 5.54 Å². The second-order valence-electron chi connectivity index (χ2n) is 2.62.